The van der Waals surface area contributed by atoms with E-state index in [1.54, 1.807) is 11.9 Å². The molecule has 0 saturated heterocycles. The number of anilines is 1. The topological polar surface area (TPSA) is 100 Å². The van der Waals surface area contributed by atoms with Gasteiger partial charge in [0.2, 0.25) is 5.91 Å². The fourth-order valence-corrected chi connectivity index (χ4v) is 5.64. The van der Waals surface area contributed by atoms with Crippen LogP contribution in [0.25, 0.3) is 22.0 Å². The van der Waals surface area contributed by atoms with E-state index in [9.17, 15) is 9.59 Å². The molecule has 7 nitrogen and oxygen atoms in total. The van der Waals surface area contributed by atoms with Gasteiger partial charge in [0, 0.05) is 48.7 Å². The quantitative estimate of drug-likeness (QED) is 0.232. The van der Waals surface area contributed by atoms with Crippen LogP contribution in [0.2, 0.25) is 0 Å². The van der Waals surface area contributed by atoms with Crippen molar-refractivity contribution in [2.24, 2.45) is 5.73 Å². The van der Waals surface area contributed by atoms with E-state index < -0.39 is 12.1 Å². The van der Waals surface area contributed by atoms with E-state index in [0.29, 0.717) is 13.0 Å². The molecule has 0 bridgehead atoms. The molecule has 4 aromatic carbocycles. The summed E-state index contributed by atoms with van der Waals surface area (Å²) in [5, 5.41) is 3.87. The molecule has 1 aliphatic rings. The predicted octanol–water partition coefficient (Wildman–Crippen LogP) is 5.74. The number of nitrogens with one attached hydrogen (secondary N) is 2. The highest BCUT2D eigenvalue weighted by Crippen LogP contribution is 2.44. The number of nitrogens with zero attached hydrogens (tertiary/aromatic N) is 1. The maximum Gasteiger partial charge on any atom is 0.407 e. The summed E-state index contributed by atoms with van der Waals surface area (Å²) in [6, 6.07) is 31.1. The Kier molecular flexibility index (Phi) is 7.27. The van der Waals surface area contributed by atoms with Crippen LogP contribution in [0.15, 0.2) is 103 Å². The second-order valence-electron chi connectivity index (χ2n) is 10.4. The number of benzene rings is 4. The minimum atomic E-state index is -0.832. The van der Waals surface area contributed by atoms with E-state index in [4.69, 9.17) is 10.5 Å². The number of aromatic amines is 1. The highest BCUT2D eigenvalue weighted by molar-refractivity contribution is 6.00. The second-order valence-corrected chi connectivity index (χ2v) is 10.4. The number of ether oxygens (including phenoxy) is 1. The van der Waals surface area contributed by atoms with Gasteiger partial charge in [-0.05, 0) is 57.6 Å². The molecule has 1 unspecified atom stereocenters. The second kappa shape index (κ2) is 11.3. The Balaban J connectivity index is 1.20. The number of nitrogens with two attached hydrogens (primary N) is 1. The lowest BCUT2D eigenvalue weighted by molar-refractivity contribution is -0.120. The molecule has 0 aliphatic heterocycles. The number of likely N-dealkylation sites (N-methyl/N-ethyl adjacent to an activating group) is 1. The largest absolute Gasteiger partial charge is 0.449 e. The smallest absolute Gasteiger partial charge is 0.407 e. The molecule has 1 aromatic heterocycles. The van der Waals surface area contributed by atoms with Gasteiger partial charge >= 0.3 is 6.09 Å². The number of H-pyrrole nitrogens is 1. The van der Waals surface area contributed by atoms with Gasteiger partial charge in [-0.3, -0.25) is 4.79 Å². The monoisotopic (exact) mass is 544 g/mol. The van der Waals surface area contributed by atoms with E-state index >= 15 is 0 Å². The van der Waals surface area contributed by atoms with Crippen LogP contribution in [0.5, 0.6) is 0 Å². The Hall–Kier alpha value is -4.88. The van der Waals surface area contributed by atoms with E-state index in [2.05, 4.69) is 34.6 Å². The van der Waals surface area contributed by atoms with Gasteiger partial charge in [0.05, 0.1) is 0 Å². The van der Waals surface area contributed by atoms with Crippen LogP contribution in [-0.4, -0.2) is 36.7 Å². The summed E-state index contributed by atoms with van der Waals surface area (Å²) >= 11 is 0. The lowest BCUT2D eigenvalue weighted by atomic mass is 9.98. The number of hydrogen-bond acceptors (Lipinski definition) is 4. The van der Waals surface area contributed by atoms with Gasteiger partial charge in [-0.2, -0.15) is 0 Å². The molecule has 1 atom stereocenters. The number of carbonyl (C=O) groups excluding carboxylic acids is 2. The number of rotatable bonds is 8. The predicted molar refractivity (Wildman–Crippen MR) is 162 cm³/mol. The van der Waals surface area contributed by atoms with Gasteiger partial charge in [-0.15, -0.1) is 0 Å². The number of carbonyl (C=O) groups is 2. The molecule has 1 aliphatic carbocycles. The first-order chi connectivity index (χ1) is 20.0. The minimum absolute atomic E-state index is 0.0677. The molecule has 7 heteroatoms. The van der Waals surface area contributed by atoms with Crippen molar-refractivity contribution in [2.45, 2.75) is 24.9 Å². The maximum absolute atomic E-state index is 13.8. The van der Waals surface area contributed by atoms with Crippen molar-refractivity contribution in [2.75, 3.05) is 18.6 Å². The van der Waals surface area contributed by atoms with Gasteiger partial charge in [0.25, 0.3) is 0 Å². The molecular formula is C34H32N4O3. The summed E-state index contributed by atoms with van der Waals surface area (Å²) in [7, 11) is 1.72. The summed E-state index contributed by atoms with van der Waals surface area (Å²) in [6.07, 6.45) is 1.55. The molecule has 206 valence electrons. The Morgan fingerprint density at radius 3 is 2.24 bits per heavy atom. The standard InChI is InChI=1S/C34H32N4O3/c1-38(25-14-15-31-24(19-25)16-17-36-31)33(39)32(18-22-10-12-23(20-35)13-11-22)37-34(40)41-21-30-28-8-4-2-6-26(28)27-7-3-5-9-29(27)30/h2-17,19,30,32,36H,18,20-21,35H2,1H3,(H,37,40). The number of aromatic nitrogens is 1. The zero-order valence-electron chi connectivity index (χ0n) is 22.8. The fraction of sp³-hybridized carbons (Fsp3) is 0.176. The van der Waals surface area contributed by atoms with Crippen LogP contribution in [0.4, 0.5) is 10.5 Å². The third kappa shape index (κ3) is 5.32. The molecule has 2 amide bonds. The molecule has 0 spiro atoms. The summed E-state index contributed by atoms with van der Waals surface area (Å²) in [5.41, 5.74) is 14.0. The molecule has 0 radical (unpaired) electrons. The minimum Gasteiger partial charge on any atom is -0.449 e. The summed E-state index contributed by atoms with van der Waals surface area (Å²) in [6.45, 7) is 0.608. The Bertz CT molecular complexity index is 1660. The third-order valence-corrected chi connectivity index (χ3v) is 7.89. The van der Waals surface area contributed by atoms with Crippen LogP contribution >= 0.6 is 0 Å². The van der Waals surface area contributed by atoms with E-state index in [1.807, 2.05) is 79.0 Å². The van der Waals surface area contributed by atoms with Gasteiger partial charge < -0.3 is 25.7 Å². The molecule has 0 fully saturated rings. The number of amides is 2. The first-order valence-electron chi connectivity index (χ1n) is 13.8. The first kappa shape index (κ1) is 26.3. The van der Waals surface area contributed by atoms with E-state index in [1.165, 1.54) is 0 Å². The molecule has 1 heterocycles. The normalized spacial score (nSPS) is 12.9. The van der Waals surface area contributed by atoms with Crippen molar-refractivity contribution in [3.8, 4) is 11.1 Å². The van der Waals surface area contributed by atoms with Crippen molar-refractivity contribution in [1.29, 1.82) is 0 Å². The molecule has 6 rings (SSSR count). The number of alkyl carbamates (subject to hydrolysis) is 1. The van der Waals surface area contributed by atoms with Crippen LogP contribution in [0.1, 0.15) is 28.2 Å². The SMILES string of the molecule is CN(C(=O)C(Cc1ccc(CN)cc1)NC(=O)OCC1c2ccccc2-c2ccccc21)c1ccc2[nH]ccc2c1. The first-order valence-corrected chi connectivity index (χ1v) is 13.8. The molecular weight excluding hydrogens is 512 g/mol. The van der Waals surface area contributed by atoms with Crippen molar-refractivity contribution in [3.05, 3.63) is 126 Å². The highest BCUT2D eigenvalue weighted by atomic mass is 16.5. The Morgan fingerprint density at radius 2 is 1.56 bits per heavy atom. The average Bonchev–Trinajstić information content (AvgIpc) is 3.61. The third-order valence-electron chi connectivity index (χ3n) is 7.89. The van der Waals surface area contributed by atoms with E-state index in [0.717, 1.165) is 50.0 Å². The number of fused-ring (bicyclic) bond motifs is 4. The average molecular weight is 545 g/mol. The summed E-state index contributed by atoms with van der Waals surface area (Å²) in [5.74, 6) is -0.307. The van der Waals surface area contributed by atoms with Gasteiger partial charge in [-0.1, -0.05) is 72.8 Å². The van der Waals surface area contributed by atoms with Gasteiger partial charge in [0.15, 0.2) is 0 Å². The molecule has 41 heavy (non-hydrogen) atoms. The van der Waals surface area contributed by atoms with Crippen LogP contribution < -0.4 is 16.0 Å². The van der Waals surface area contributed by atoms with E-state index in [-0.39, 0.29) is 18.4 Å². The van der Waals surface area contributed by atoms with Crippen LogP contribution in [-0.2, 0) is 22.5 Å². The van der Waals surface area contributed by atoms with Gasteiger partial charge in [0.1, 0.15) is 12.6 Å². The van der Waals surface area contributed by atoms with Crippen molar-refractivity contribution < 1.29 is 14.3 Å². The molecule has 4 N–H and O–H groups in total. The Labute approximate surface area is 238 Å². The molecule has 5 aromatic rings. The Morgan fingerprint density at radius 1 is 0.902 bits per heavy atom. The van der Waals surface area contributed by atoms with Crippen molar-refractivity contribution >= 4 is 28.6 Å². The highest BCUT2D eigenvalue weighted by Gasteiger charge is 2.30. The van der Waals surface area contributed by atoms with Crippen molar-refractivity contribution in [1.82, 2.24) is 10.3 Å². The van der Waals surface area contributed by atoms with Crippen molar-refractivity contribution in [3.63, 3.8) is 0 Å². The number of hydrogen-bond donors (Lipinski definition) is 3. The summed E-state index contributed by atoms with van der Waals surface area (Å²) < 4.78 is 5.79. The van der Waals surface area contributed by atoms with Crippen LogP contribution in [0.3, 0.4) is 0 Å². The lowest BCUT2D eigenvalue weighted by Gasteiger charge is -2.25. The maximum atomic E-state index is 13.8. The fourth-order valence-electron chi connectivity index (χ4n) is 5.64. The zero-order chi connectivity index (χ0) is 28.3. The molecule has 0 saturated carbocycles. The van der Waals surface area contributed by atoms with Gasteiger partial charge in [-0.25, -0.2) is 4.79 Å². The van der Waals surface area contributed by atoms with Crippen LogP contribution in [0, 0.1) is 0 Å². The zero-order valence-corrected chi connectivity index (χ0v) is 22.8. The lowest BCUT2D eigenvalue weighted by Crippen LogP contribution is -2.49. The summed E-state index contributed by atoms with van der Waals surface area (Å²) in [4.78, 5) is 31.7.